The highest BCUT2D eigenvalue weighted by atomic mass is 19.4. The number of carbonyl (C=O) groups is 1. The van der Waals surface area contributed by atoms with Crippen molar-refractivity contribution in [3.05, 3.63) is 64.2 Å². The number of amides is 1. The van der Waals surface area contributed by atoms with Crippen molar-refractivity contribution in [1.82, 2.24) is 25.1 Å². The number of nitrogens with one attached hydrogen (secondary N) is 2. The van der Waals surface area contributed by atoms with Gasteiger partial charge in [-0.15, -0.1) is 10.2 Å². The minimum absolute atomic E-state index is 0.00489. The molecule has 2 aromatic heterocycles. The first-order valence-electron chi connectivity index (χ1n) is 15.9. The fraction of sp³-hybridized carbons (Fsp3) is 0.576. The second kappa shape index (κ2) is 11.1. The van der Waals surface area contributed by atoms with Crippen LogP contribution in [0, 0.1) is 0 Å². The van der Waals surface area contributed by atoms with Gasteiger partial charge in [-0.25, -0.2) is 4.98 Å². The molecule has 3 aliphatic carbocycles. The van der Waals surface area contributed by atoms with Gasteiger partial charge in [-0.05, 0) is 92.8 Å². The second-order valence-corrected chi connectivity index (χ2v) is 13.7. The molecular weight excluding hydrogens is 583 g/mol. The lowest BCUT2D eigenvalue weighted by molar-refractivity contribution is -0.138. The number of ether oxygens (including phenoxy) is 1. The van der Waals surface area contributed by atoms with Crippen molar-refractivity contribution in [3.63, 3.8) is 0 Å². The number of anilines is 2. The largest absolute Gasteiger partial charge is 0.416 e. The van der Waals surface area contributed by atoms with Gasteiger partial charge in [-0.2, -0.15) is 13.2 Å². The number of alkyl halides is 3. The van der Waals surface area contributed by atoms with Crippen molar-refractivity contribution in [3.8, 4) is 0 Å². The van der Waals surface area contributed by atoms with Gasteiger partial charge in [0.15, 0.2) is 0 Å². The van der Waals surface area contributed by atoms with Gasteiger partial charge in [0.05, 0.1) is 23.6 Å². The van der Waals surface area contributed by atoms with Crippen LogP contribution in [-0.2, 0) is 36.5 Å². The van der Waals surface area contributed by atoms with Crippen molar-refractivity contribution in [2.45, 2.75) is 107 Å². The van der Waals surface area contributed by atoms with Crippen LogP contribution < -0.4 is 15.5 Å². The predicted octanol–water partition coefficient (Wildman–Crippen LogP) is 5.87. The summed E-state index contributed by atoms with van der Waals surface area (Å²) in [4.78, 5) is 20.3. The molecule has 0 saturated heterocycles. The summed E-state index contributed by atoms with van der Waals surface area (Å²) in [7, 11) is 3.58. The highest BCUT2D eigenvalue weighted by Crippen LogP contribution is 2.51. The number of methoxy groups -OCH3 is 1. The van der Waals surface area contributed by atoms with Crippen molar-refractivity contribution < 1.29 is 22.7 Å². The third-order valence-electron chi connectivity index (χ3n) is 10.6. The number of halogens is 3. The van der Waals surface area contributed by atoms with Gasteiger partial charge >= 0.3 is 6.18 Å². The van der Waals surface area contributed by atoms with Gasteiger partial charge in [0.2, 0.25) is 0 Å². The molecule has 3 heterocycles. The van der Waals surface area contributed by atoms with E-state index in [4.69, 9.17) is 9.72 Å². The molecule has 0 spiro atoms. The molecular formula is C33H40F3N7O2. The van der Waals surface area contributed by atoms with Crippen LogP contribution >= 0.6 is 0 Å². The summed E-state index contributed by atoms with van der Waals surface area (Å²) < 4.78 is 50.9. The number of benzene rings is 1. The number of hydrogen-bond donors (Lipinski definition) is 2. The molecule has 4 aliphatic rings. The van der Waals surface area contributed by atoms with Crippen molar-refractivity contribution in [1.29, 1.82) is 0 Å². The Morgan fingerprint density at radius 2 is 1.84 bits per heavy atom. The van der Waals surface area contributed by atoms with Crippen molar-refractivity contribution in [2.75, 3.05) is 17.3 Å². The molecule has 0 radical (unpaired) electrons. The second-order valence-electron chi connectivity index (χ2n) is 13.7. The molecule has 0 bridgehead atoms. The van der Waals surface area contributed by atoms with Crippen LogP contribution in [-0.4, -0.2) is 50.5 Å². The standard InChI is InChI=1S/C33H40F3N7O2/c1-31(9-6-10-31)37-17-20-11-24-25(26(12-20)33(34,35)36)18-43(29(24)44)28-14-21(13-27(40-28)39-22-7-4-5-8-22)32(15-23(16-32)45-3)30-41-38-19-42(30)2/h11-14,19,22-23,37H,4-10,15-18H2,1-3H3,(H,39,40)/t23-,32-. The van der Waals surface area contributed by atoms with Gasteiger partial charge in [-0.3, -0.25) is 9.69 Å². The van der Waals surface area contributed by atoms with Crippen LogP contribution in [0.15, 0.2) is 30.6 Å². The van der Waals surface area contributed by atoms with E-state index in [2.05, 4.69) is 27.8 Å². The fourth-order valence-corrected chi connectivity index (χ4v) is 7.64. The lowest BCUT2D eigenvalue weighted by atomic mass is 9.62. The van der Waals surface area contributed by atoms with Gasteiger partial charge in [-0.1, -0.05) is 12.8 Å². The van der Waals surface area contributed by atoms with E-state index in [1.807, 2.05) is 23.7 Å². The maximum atomic E-state index is 14.5. The van der Waals surface area contributed by atoms with E-state index in [1.54, 1.807) is 19.5 Å². The van der Waals surface area contributed by atoms with E-state index in [1.165, 1.54) is 11.0 Å². The minimum Gasteiger partial charge on any atom is -0.381 e. The summed E-state index contributed by atoms with van der Waals surface area (Å²) in [5.41, 5.74) is 0.0385. The molecule has 1 amide bonds. The van der Waals surface area contributed by atoms with Gasteiger partial charge in [0, 0.05) is 37.8 Å². The highest BCUT2D eigenvalue weighted by Gasteiger charge is 2.51. The number of aryl methyl sites for hydroxylation is 1. The van der Waals surface area contributed by atoms with Gasteiger partial charge in [0.25, 0.3) is 5.91 Å². The lowest BCUT2D eigenvalue weighted by Gasteiger charge is -2.46. The number of fused-ring (bicyclic) bond motifs is 1. The molecule has 3 aromatic rings. The van der Waals surface area contributed by atoms with Gasteiger partial charge < -0.3 is 19.9 Å². The van der Waals surface area contributed by atoms with Crippen LogP contribution in [0.4, 0.5) is 24.8 Å². The summed E-state index contributed by atoms with van der Waals surface area (Å²) in [6, 6.07) is 6.92. The van der Waals surface area contributed by atoms with Crippen LogP contribution in [0.25, 0.3) is 0 Å². The Labute approximate surface area is 260 Å². The normalized spacial score (nSPS) is 24.4. The SMILES string of the molecule is CO[C@H]1C[C@](c2cc(NC3CCCC3)nc(N3Cc4c(cc(CNC5(C)CCC5)cc4C(F)(F)F)C3=O)c2)(c2nncn2C)C1. The number of hydrogen-bond acceptors (Lipinski definition) is 7. The molecule has 2 N–H and O–H groups in total. The fourth-order valence-electron chi connectivity index (χ4n) is 7.64. The Hall–Kier alpha value is -3.51. The maximum Gasteiger partial charge on any atom is 0.416 e. The molecule has 1 aliphatic heterocycles. The number of carbonyl (C=O) groups excluding carboxylic acids is 1. The third kappa shape index (κ3) is 5.39. The number of nitrogens with zero attached hydrogens (tertiary/aromatic N) is 5. The summed E-state index contributed by atoms with van der Waals surface area (Å²) in [5.74, 6) is 1.23. The molecule has 3 saturated carbocycles. The summed E-state index contributed by atoms with van der Waals surface area (Å²) >= 11 is 0. The van der Waals surface area contributed by atoms with Crippen molar-refractivity contribution in [2.24, 2.45) is 7.05 Å². The zero-order chi connectivity index (χ0) is 31.6. The Bertz CT molecular complexity index is 1600. The zero-order valence-electron chi connectivity index (χ0n) is 26.0. The average molecular weight is 624 g/mol. The van der Waals surface area contributed by atoms with E-state index in [0.717, 1.165) is 56.3 Å². The van der Waals surface area contributed by atoms with E-state index in [0.29, 0.717) is 30.0 Å². The molecule has 12 heteroatoms. The Kier molecular flexibility index (Phi) is 7.43. The van der Waals surface area contributed by atoms with Crippen LogP contribution in [0.5, 0.6) is 0 Å². The monoisotopic (exact) mass is 623 g/mol. The lowest BCUT2D eigenvalue weighted by Crippen LogP contribution is -2.48. The first-order valence-corrected chi connectivity index (χ1v) is 15.9. The Morgan fingerprint density at radius 3 is 2.47 bits per heavy atom. The predicted molar refractivity (Wildman–Crippen MR) is 163 cm³/mol. The maximum absolute atomic E-state index is 14.5. The molecule has 1 aromatic carbocycles. The van der Waals surface area contributed by atoms with Crippen LogP contribution in [0.1, 0.15) is 103 Å². The number of rotatable bonds is 9. The smallest absolute Gasteiger partial charge is 0.381 e. The van der Waals surface area contributed by atoms with E-state index >= 15 is 0 Å². The van der Waals surface area contributed by atoms with Gasteiger partial charge in [0.1, 0.15) is 23.8 Å². The summed E-state index contributed by atoms with van der Waals surface area (Å²) in [5, 5.41) is 15.6. The average Bonchev–Trinajstić information content (AvgIpc) is 3.71. The molecule has 3 fully saturated rings. The van der Waals surface area contributed by atoms with Crippen LogP contribution in [0.3, 0.4) is 0 Å². The van der Waals surface area contributed by atoms with E-state index < -0.39 is 23.1 Å². The van der Waals surface area contributed by atoms with E-state index in [9.17, 15) is 18.0 Å². The highest BCUT2D eigenvalue weighted by molar-refractivity contribution is 6.10. The molecule has 240 valence electrons. The number of aromatic nitrogens is 4. The van der Waals surface area contributed by atoms with E-state index in [-0.39, 0.29) is 41.9 Å². The molecule has 45 heavy (non-hydrogen) atoms. The summed E-state index contributed by atoms with van der Waals surface area (Å²) in [6.45, 7) is 2.15. The Balaban J connectivity index is 1.28. The van der Waals surface area contributed by atoms with Crippen LogP contribution in [0.2, 0.25) is 0 Å². The Morgan fingerprint density at radius 1 is 1.09 bits per heavy atom. The molecule has 9 nitrogen and oxygen atoms in total. The zero-order valence-corrected chi connectivity index (χ0v) is 26.0. The van der Waals surface area contributed by atoms with Crippen molar-refractivity contribution >= 4 is 17.5 Å². The topological polar surface area (TPSA) is 97.2 Å². The minimum atomic E-state index is -4.60. The first-order chi connectivity index (χ1) is 21.5. The molecule has 0 unspecified atom stereocenters. The molecule has 0 atom stereocenters. The number of pyridine rings is 1. The quantitative estimate of drug-likeness (QED) is 0.308. The first kappa shape index (κ1) is 30.2. The molecule has 7 rings (SSSR count). The summed E-state index contributed by atoms with van der Waals surface area (Å²) in [6.07, 6.45) is 5.74. The third-order valence-corrected chi connectivity index (χ3v) is 10.6.